The van der Waals surface area contributed by atoms with Gasteiger partial charge in [0.1, 0.15) is 15.7 Å². The molecule has 90 valence electrons. The van der Waals surface area contributed by atoms with E-state index >= 15 is 0 Å². The lowest BCUT2D eigenvalue weighted by Gasteiger charge is -2.23. The average Bonchev–Trinajstić information content (AvgIpc) is 2.46. The van der Waals surface area contributed by atoms with Gasteiger partial charge in [-0.1, -0.05) is 0 Å². The fourth-order valence-electron chi connectivity index (χ4n) is 1.95. The van der Waals surface area contributed by atoms with Gasteiger partial charge < -0.3 is 5.73 Å². The number of halogens is 1. The van der Waals surface area contributed by atoms with E-state index in [1.54, 1.807) is 4.68 Å². The van der Waals surface area contributed by atoms with Crippen molar-refractivity contribution in [3.05, 3.63) is 10.2 Å². The molecule has 0 aliphatic carbocycles. The minimum absolute atomic E-state index is 0.105. The first-order valence-electron chi connectivity index (χ1n) is 5.11. The third-order valence-corrected chi connectivity index (χ3v) is 5.61. The lowest BCUT2D eigenvalue weighted by atomic mass is 10.2. The molecule has 0 unspecified atom stereocenters. The van der Waals surface area contributed by atoms with E-state index in [1.165, 1.54) is 0 Å². The highest BCUT2D eigenvalue weighted by molar-refractivity contribution is 9.10. The molecule has 1 aliphatic heterocycles. The van der Waals surface area contributed by atoms with E-state index in [-0.39, 0.29) is 17.5 Å². The zero-order chi connectivity index (χ0) is 11.9. The Balaban J connectivity index is 2.24. The molecule has 16 heavy (non-hydrogen) atoms. The maximum atomic E-state index is 11.3. The second-order valence-electron chi connectivity index (χ2n) is 4.11. The van der Waals surface area contributed by atoms with Gasteiger partial charge in [0.25, 0.3) is 0 Å². The molecule has 0 aromatic carbocycles. The molecule has 1 saturated heterocycles. The minimum atomic E-state index is -2.83. The quantitative estimate of drug-likeness (QED) is 0.848. The van der Waals surface area contributed by atoms with Crippen molar-refractivity contribution in [1.82, 2.24) is 9.78 Å². The first-order chi connectivity index (χ1) is 7.41. The lowest BCUT2D eigenvalue weighted by Crippen LogP contribution is -2.26. The number of anilines is 1. The molecule has 1 fully saturated rings. The summed E-state index contributed by atoms with van der Waals surface area (Å²) in [5, 5.41) is 4.33. The number of nitrogens with two attached hydrogens (primary N) is 1. The first-order valence-corrected chi connectivity index (χ1v) is 7.72. The molecular formula is C9H14BrN3O2S. The third kappa shape index (κ3) is 2.10. The molecule has 1 aromatic rings. The van der Waals surface area contributed by atoms with Gasteiger partial charge in [-0.2, -0.15) is 5.10 Å². The van der Waals surface area contributed by atoms with Crippen molar-refractivity contribution in [3.63, 3.8) is 0 Å². The van der Waals surface area contributed by atoms with Crippen LogP contribution in [0.3, 0.4) is 0 Å². The van der Waals surface area contributed by atoms with E-state index < -0.39 is 9.84 Å². The number of hydrogen-bond donors (Lipinski definition) is 1. The van der Waals surface area contributed by atoms with Gasteiger partial charge >= 0.3 is 0 Å². The standard InChI is InChI=1S/C9H14BrN3O2S/c1-6-8(10)9(11)13(12-6)7-2-4-16(14,15)5-3-7/h7H,2-5,11H2,1H3. The predicted octanol–water partition coefficient (Wildman–Crippen LogP) is 1.29. The normalized spacial score (nSPS) is 21.1. The van der Waals surface area contributed by atoms with Crippen LogP contribution in [-0.2, 0) is 9.84 Å². The Morgan fingerprint density at radius 3 is 2.44 bits per heavy atom. The van der Waals surface area contributed by atoms with Crippen LogP contribution in [0.5, 0.6) is 0 Å². The summed E-state index contributed by atoms with van der Waals surface area (Å²) in [6, 6.07) is 0.105. The van der Waals surface area contributed by atoms with Gasteiger partial charge in [-0.15, -0.1) is 0 Å². The van der Waals surface area contributed by atoms with Crippen molar-refractivity contribution in [1.29, 1.82) is 0 Å². The maximum absolute atomic E-state index is 11.3. The Bertz CT molecular complexity index is 495. The Labute approximate surface area is 103 Å². The maximum Gasteiger partial charge on any atom is 0.150 e. The van der Waals surface area contributed by atoms with Gasteiger partial charge in [0, 0.05) is 0 Å². The summed E-state index contributed by atoms with van der Waals surface area (Å²) in [7, 11) is -2.83. The van der Waals surface area contributed by atoms with Crippen molar-refractivity contribution >= 4 is 31.6 Å². The molecule has 0 saturated carbocycles. The molecule has 1 aliphatic rings. The van der Waals surface area contributed by atoms with Crippen LogP contribution in [0.15, 0.2) is 4.47 Å². The van der Waals surface area contributed by atoms with Crippen LogP contribution >= 0.6 is 15.9 Å². The molecule has 7 heteroatoms. The van der Waals surface area contributed by atoms with Crippen LogP contribution in [0, 0.1) is 6.92 Å². The minimum Gasteiger partial charge on any atom is -0.383 e. The van der Waals surface area contributed by atoms with Crippen molar-refractivity contribution in [2.45, 2.75) is 25.8 Å². The van der Waals surface area contributed by atoms with Crippen molar-refractivity contribution in [2.24, 2.45) is 0 Å². The van der Waals surface area contributed by atoms with Crippen LogP contribution < -0.4 is 5.73 Å². The summed E-state index contributed by atoms with van der Waals surface area (Å²) in [6.45, 7) is 1.87. The highest BCUT2D eigenvalue weighted by Crippen LogP contribution is 2.31. The van der Waals surface area contributed by atoms with Gasteiger partial charge in [0.05, 0.1) is 27.7 Å². The molecule has 0 spiro atoms. The van der Waals surface area contributed by atoms with E-state index in [0.29, 0.717) is 18.7 Å². The smallest absolute Gasteiger partial charge is 0.150 e. The number of nitrogens with zero attached hydrogens (tertiary/aromatic N) is 2. The number of nitrogen functional groups attached to an aromatic ring is 1. The van der Waals surface area contributed by atoms with Gasteiger partial charge in [-0.05, 0) is 35.7 Å². The van der Waals surface area contributed by atoms with Crippen molar-refractivity contribution < 1.29 is 8.42 Å². The summed E-state index contributed by atoms with van der Waals surface area (Å²) in [6.07, 6.45) is 1.19. The Morgan fingerprint density at radius 1 is 1.44 bits per heavy atom. The van der Waals surface area contributed by atoms with Crippen LogP contribution in [-0.4, -0.2) is 29.7 Å². The highest BCUT2D eigenvalue weighted by atomic mass is 79.9. The molecular weight excluding hydrogens is 294 g/mol. The summed E-state index contributed by atoms with van der Waals surface area (Å²) >= 11 is 3.36. The van der Waals surface area contributed by atoms with E-state index in [4.69, 9.17) is 5.73 Å². The summed E-state index contributed by atoms with van der Waals surface area (Å²) < 4.78 is 25.2. The number of aryl methyl sites for hydroxylation is 1. The summed E-state index contributed by atoms with van der Waals surface area (Å²) in [4.78, 5) is 0. The molecule has 2 N–H and O–H groups in total. The van der Waals surface area contributed by atoms with Crippen molar-refractivity contribution in [2.75, 3.05) is 17.2 Å². The van der Waals surface area contributed by atoms with E-state index in [0.717, 1.165) is 10.2 Å². The molecule has 0 amide bonds. The number of aromatic nitrogens is 2. The fraction of sp³-hybridized carbons (Fsp3) is 0.667. The van der Waals surface area contributed by atoms with E-state index in [2.05, 4.69) is 21.0 Å². The van der Waals surface area contributed by atoms with Crippen molar-refractivity contribution in [3.8, 4) is 0 Å². The number of hydrogen-bond acceptors (Lipinski definition) is 4. The first kappa shape index (κ1) is 11.9. The second-order valence-corrected chi connectivity index (χ2v) is 7.21. The molecule has 0 radical (unpaired) electrons. The molecule has 0 atom stereocenters. The second kappa shape index (κ2) is 4.03. The Morgan fingerprint density at radius 2 is 2.00 bits per heavy atom. The Kier molecular flexibility index (Phi) is 3.00. The third-order valence-electron chi connectivity index (χ3n) is 2.92. The van der Waals surface area contributed by atoms with Gasteiger partial charge in [0.2, 0.25) is 0 Å². The summed E-state index contributed by atoms with van der Waals surface area (Å²) in [5.41, 5.74) is 6.74. The largest absolute Gasteiger partial charge is 0.383 e. The number of sulfone groups is 1. The fourth-order valence-corrected chi connectivity index (χ4v) is 3.67. The number of rotatable bonds is 1. The predicted molar refractivity (Wildman–Crippen MR) is 66.0 cm³/mol. The molecule has 2 rings (SSSR count). The molecule has 5 nitrogen and oxygen atoms in total. The van der Waals surface area contributed by atoms with Gasteiger partial charge in [-0.3, -0.25) is 0 Å². The zero-order valence-electron chi connectivity index (χ0n) is 8.98. The molecule has 1 aromatic heterocycles. The lowest BCUT2D eigenvalue weighted by molar-refractivity contribution is 0.417. The van der Waals surface area contributed by atoms with E-state index in [1.807, 2.05) is 6.92 Å². The Hall–Kier alpha value is -0.560. The zero-order valence-corrected chi connectivity index (χ0v) is 11.4. The SMILES string of the molecule is Cc1nn(C2CCS(=O)(=O)CC2)c(N)c1Br. The van der Waals surface area contributed by atoms with Crippen LogP contribution in [0.2, 0.25) is 0 Å². The van der Waals surface area contributed by atoms with E-state index in [9.17, 15) is 8.42 Å². The topological polar surface area (TPSA) is 78.0 Å². The molecule has 2 heterocycles. The van der Waals surface area contributed by atoms with Crippen LogP contribution in [0.1, 0.15) is 24.6 Å². The highest BCUT2D eigenvalue weighted by Gasteiger charge is 2.27. The molecule has 0 bridgehead atoms. The van der Waals surface area contributed by atoms with Crippen LogP contribution in [0.25, 0.3) is 0 Å². The monoisotopic (exact) mass is 307 g/mol. The van der Waals surface area contributed by atoms with Gasteiger partial charge in [0.15, 0.2) is 0 Å². The van der Waals surface area contributed by atoms with Crippen LogP contribution in [0.4, 0.5) is 5.82 Å². The average molecular weight is 308 g/mol. The van der Waals surface area contributed by atoms with Gasteiger partial charge in [-0.25, -0.2) is 13.1 Å². The summed E-state index contributed by atoms with van der Waals surface area (Å²) in [5.74, 6) is 1.04.